The van der Waals surface area contributed by atoms with Crippen molar-refractivity contribution in [3.8, 4) is 0 Å². The summed E-state index contributed by atoms with van der Waals surface area (Å²) in [5.74, 6) is -0.0730. The van der Waals surface area contributed by atoms with Gasteiger partial charge < -0.3 is 9.74 Å². The third kappa shape index (κ3) is 5.66. The first-order valence-corrected chi connectivity index (χ1v) is 12.8. The quantitative estimate of drug-likeness (QED) is 0.419. The Hall–Kier alpha value is -1.18. The second-order valence-electron chi connectivity index (χ2n) is 8.02. The summed E-state index contributed by atoms with van der Waals surface area (Å²) >= 11 is 2.22. The first-order chi connectivity index (χ1) is 12.1. The molecule has 3 nitrogen and oxygen atoms in total. The molecule has 1 unspecified atom stereocenters. The first-order valence-electron chi connectivity index (χ1n) is 8.85. The molecule has 0 aliphatic heterocycles. The van der Waals surface area contributed by atoms with Gasteiger partial charge in [0.2, 0.25) is 0 Å². The molecule has 0 heterocycles. The number of hydrogen-bond donors (Lipinski definition) is 1. The second kappa shape index (κ2) is 8.67. The standard InChI is InChI=1S/C21H28INO2Si/c1-21(2,3)26(4,5)25-15-19(16-10-7-6-8-11-16)23-20(24)17-12-9-13-18(22)14-17/h6-14,19H,15H2,1-5H3,(H,23,24). The number of benzene rings is 2. The van der Waals surface area contributed by atoms with Crippen LogP contribution in [0.3, 0.4) is 0 Å². The fourth-order valence-corrected chi connectivity index (χ4v) is 3.85. The van der Waals surface area contributed by atoms with E-state index in [1.807, 2.05) is 54.6 Å². The molecule has 1 amide bonds. The fraction of sp³-hybridized carbons (Fsp3) is 0.381. The topological polar surface area (TPSA) is 38.3 Å². The van der Waals surface area contributed by atoms with Crippen LogP contribution in [0.2, 0.25) is 18.1 Å². The summed E-state index contributed by atoms with van der Waals surface area (Å²) in [6.07, 6.45) is 0. The zero-order valence-corrected chi connectivity index (χ0v) is 19.3. The van der Waals surface area contributed by atoms with Gasteiger partial charge in [0.15, 0.2) is 8.32 Å². The van der Waals surface area contributed by atoms with Gasteiger partial charge in [0.1, 0.15) is 0 Å². The largest absolute Gasteiger partial charge is 0.414 e. The Labute approximate surface area is 171 Å². The van der Waals surface area contributed by atoms with E-state index < -0.39 is 8.32 Å². The molecule has 26 heavy (non-hydrogen) atoms. The molecule has 1 N–H and O–H groups in total. The molecule has 2 aromatic carbocycles. The van der Waals surface area contributed by atoms with Crippen molar-refractivity contribution in [1.29, 1.82) is 0 Å². The van der Waals surface area contributed by atoms with Gasteiger partial charge in [0.25, 0.3) is 5.91 Å². The van der Waals surface area contributed by atoms with Gasteiger partial charge in [-0.15, -0.1) is 0 Å². The highest BCUT2D eigenvalue weighted by atomic mass is 127. The molecule has 1 atom stereocenters. The lowest BCUT2D eigenvalue weighted by molar-refractivity contribution is 0.0918. The Morgan fingerprint density at radius 2 is 1.77 bits per heavy atom. The smallest absolute Gasteiger partial charge is 0.251 e. The van der Waals surface area contributed by atoms with Crippen LogP contribution in [-0.4, -0.2) is 20.8 Å². The molecule has 2 aromatic rings. The highest BCUT2D eigenvalue weighted by molar-refractivity contribution is 14.1. The van der Waals surface area contributed by atoms with Crippen molar-refractivity contribution >= 4 is 36.8 Å². The van der Waals surface area contributed by atoms with Gasteiger partial charge in [-0.3, -0.25) is 4.79 Å². The molecular formula is C21H28INO2Si. The summed E-state index contributed by atoms with van der Waals surface area (Å²) in [6.45, 7) is 11.6. The van der Waals surface area contributed by atoms with Crippen molar-refractivity contribution in [2.45, 2.75) is 44.9 Å². The lowest BCUT2D eigenvalue weighted by Crippen LogP contribution is -2.43. The molecule has 0 radical (unpaired) electrons. The second-order valence-corrected chi connectivity index (χ2v) is 14.1. The van der Waals surface area contributed by atoms with Crippen LogP contribution < -0.4 is 5.32 Å². The van der Waals surface area contributed by atoms with Crippen LogP contribution in [0.5, 0.6) is 0 Å². The van der Waals surface area contributed by atoms with E-state index in [4.69, 9.17) is 4.43 Å². The number of carbonyl (C=O) groups is 1. The number of carbonyl (C=O) groups excluding carboxylic acids is 1. The summed E-state index contributed by atoms with van der Waals surface area (Å²) in [5.41, 5.74) is 1.73. The summed E-state index contributed by atoms with van der Waals surface area (Å²) < 4.78 is 7.44. The molecule has 0 aromatic heterocycles. The Morgan fingerprint density at radius 1 is 1.12 bits per heavy atom. The van der Waals surface area contributed by atoms with Crippen molar-refractivity contribution in [2.24, 2.45) is 0 Å². The van der Waals surface area contributed by atoms with Crippen molar-refractivity contribution in [3.63, 3.8) is 0 Å². The maximum absolute atomic E-state index is 12.7. The predicted molar refractivity (Wildman–Crippen MR) is 119 cm³/mol. The van der Waals surface area contributed by atoms with Crippen LogP contribution >= 0.6 is 22.6 Å². The van der Waals surface area contributed by atoms with Crippen LogP contribution in [0.15, 0.2) is 54.6 Å². The van der Waals surface area contributed by atoms with Gasteiger partial charge in [-0.2, -0.15) is 0 Å². The maximum Gasteiger partial charge on any atom is 0.251 e. The number of nitrogens with one attached hydrogen (secondary N) is 1. The van der Waals surface area contributed by atoms with E-state index in [2.05, 4.69) is 61.8 Å². The van der Waals surface area contributed by atoms with Crippen LogP contribution in [0.4, 0.5) is 0 Å². The minimum atomic E-state index is -1.89. The summed E-state index contributed by atoms with van der Waals surface area (Å²) in [4.78, 5) is 12.7. The Kier molecular flexibility index (Phi) is 7.04. The number of amides is 1. The Balaban J connectivity index is 2.18. The van der Waals surface area contributed by atoms with Crippen LogP contribution in [0.1, 0.15) is 42.7 Å². The van der Waals surface area contributed by atoms with Gasteiger partial charge in [-0.1, -0.05) is 57.2 Å². The molecule has 0 fully saturated rings. The monoisotopic (exact) mass is 481 g/mol. The van der Waals surface area contributed by atoms with Crippen molar-refractivity contribution in [1.82, 2.24) is 5.32 Å². The molecule has 140 valence electrons. The van der Waals surface area contributed by atoms with Gasteiger partial charge in [-0.25, -0.2) is 0 Å². The Morgan fingerprint density at radius 3 is 2.35 bits per heavy atom. The molecule has 2 rings (SSSR count). The molecular weight excluding hydrogens is 453 g/mol. The number of hydrogen-bond acceptors (Lipinski definition) is 2. The third-order valence-corrected chi connectivity index (χ3v) is 10.2. The summed E-state index contributed by atoms with van der Waals surface area (Å²) in [7, 11) is -1.89. The van der Waals surface area contributed by atoms with Crippen LogP contribution in [0, 0.1) is 3.57 Å². The van der Waals surface area contributed by atoms with Crippen LogP contribution in [0.25, 0.3) is 0 Å². The lowest BCUT2D eigenvalue weighted by Gasteiger charge is -2.37. The summed E-state index contributed by atoms with van der Waals surface area (Å²) in [5, 5.41) is 3.29. The SMILES string of the molecule is CC(C)(C)[Si](C)(C)OCC(NC(=O)c1cccc(I)c1)c1ccccc1. The van der Waals surface area contributed by atoms with Crippen molar-refractivity contribution in [3.05, 3.63) is 69.3 Å². The zero-order valence-electron chi connectivity index (χ0n) is 16.2. The normalized spacial score (nSPS) is 13.3. The zero-order chi connectivity index (χ0) is 19.4. The predicted octanol–water partition coefficient (Wildman–Crippen LogP) is 5.78. The minimum absolute atomic E-state index is 0.0730. The molecule has 5 heteroatoms. The first kappa shape index (κ1) is 21.1. The van der Waals surface area contributed by atoms with Crippen molar-refractivity contribution < 1.29 is 9.22 Å². The molecule has 0 saturated carbocycles. The fourth-order valence-electron chi connectivity index (χ4n) is 2.29. The minimum Gasteiger partial charge on any atom is -0.414 e. The lowest BCUT2D eigenvalue weighted by atomic mass is 10.1. The molecule has 0 aliphatic carbocycles. The average Bonchev–Trinajstić information content (AvgIpc) is 2.58. The van der Waals surface area contributed by atoms with Gasteiger partial charge >= 0.3 is 0 Å². The van der Waals surface area contributed by atoms with E-state index in [-0.39, 0.29) is 17.0 Å². The molecule has 0 bridgehead atoms. The third-order valence-electron chi connectivity index (χ3n) is 5.01. The maximum atomic E-state index is 12.7. The van der Waals surface area contributed by atoms with E-state index in [0.717, 1.165) is 9.13 Å². The molecule has 0 aliphatic rings. The van der Waals surface area contributed by atoms with E-state index in [9.17, 15) is 4.79 Å². The van der Waals surface area contributed by atoms with E-state index >= 15 is 0 Å². The Bertz CT molecular complexity index is 741. The van der Waals surface area contributed by atoms with E-state index in [0.29, 0.717) is 12.2 Å². The summed E-state index contributed by atoms with van der Waals surface area (Å²) in [6, 6.07) is 17.5. The number of halogens is 1. The average molecular weight is 481 g/mol. The van der Waals surface area contributed by atoms with Crippen molar-refractivity contribution in [2.75, 3.05) is 6.61 Å². The van der Waals surface area contributed by atoms with Crippen LogP contribution in [-0.2, 0) is 4.43 Å². The van der Waals surface area contributed by atoms with E-state index in [1.165, 1.54) is 0 Å². The number of rotatable bonds is 6. The van der Waals surface area contributed by atoms with Gasteiger partial charge in [0, 0.05) is 9.13 Å². The van der Waals surface area contributed by atoms with Gasteiger partial charge in [0.05, 0.1) is 12.6 Å². The highest BCUT2D eigenvalue weighted by Crippen LogP contribution is 2.37. The molecule has 0 spiro atoms. The van der Waals surface area contributed by atoms with Gasteiger partial charge in [-0.05, 0) is 64.5 Å². The molecule has 0 saturated heterocycles. The highest BCUT2D eigenvalue weighted by Gasteiger charge is 2.37. The van der Waals surface area contributed by atoms with E-state index in [1.54, 1.807) is 0 Å².